The zero-order valence-corrected chi connectivity index (χ0v) is 19.8. The quantitative estimate of drug-likeness (QED) is 0.395. The molecule has 2 N–H and O–H groups in total. The van der Waals surface area contributed by atoms with Crippen LogP contribution in [0.15, 0.2) is 55.1 Å². The third-order valence-corrected chi connectivity index (χ3v) is 6.70. The van der Waals surface area contributed by atoms with Gasteiger partial charge in [0.15, 0.2) is 17.7 Å². The van der Waals surface area contributed by atoms with Crippen molar-refractivity contribution in [3.63, 3.8) is 0 Å². The van der Waals surface area contributed by atoms with E-state index >= 15 is 0 Å². The van der Waals surface area contributed by atoms with Gasteiger partial charge in [-0.2, -0.15) is 0 Å². The van der Waals surface area contributed by atoms with E-state index in [4.69, 9.17) is 28.5 Å². The van der Waals surface area contributed by atoms with E-state index in [1.54, 1.807) is 24.7 Å². The molecule has 6 rings (SSSR count). The van der Waals surface area contributed by atoms with E-state index in [1.807, 2.05) is 42.5 Å². The molecule has 0 radical (unpaired) electrons. The SMILES string of the molecule is CC1(C)O[C@@H]2[C@H](O1)[C@@H](COP(=O)(O)O)O[C@H]2n1cnc2c(-c3cccc4ccccc34)ncnc21. The Bertz CT molecular complexity index is 1460. The van der Waals surface area contributed by atoms with Crippen LogP contribution >= 0.6 is 7.82 Å². The van der Waals surface area contributed by atoms with Gasteiger partial charge in [0, 0.05) is 5.56 Å². The van der Waals surface area contributed by atoms with Crippen LogP contribution in [-0.2, 0) is 23.3 Å². The fourth-order valence-corrected chi connectivity index (χ4v) is 5.20. The fourth-order valence-electron chi connectivity index (χ4n) is 4.85. The van der Waals surface area contributed by atoms with Gasteiger partial charge in [-0.3, -0.25) is 9.09 Å². The predicted octanol–water partition coefficient (Wildman–Crippen LogP) is 3.17. The summed E-state index contributed by atoms with van der Waals surface area (Å²) in [5.74, 6) is -0.906. The van der Waals surface area contributed by atoms with Gasteiger partial charge in [0.1, 0.15) is 35.8 Å². The molecule has 4 aromatic rings. The maximum Gasteiger partial charge on any atom is 0.469 e. The summed E-state index contributed by atoms with van der Waals surface area (Å²) in [7, 11) is -4.68. The van der Waals surface area contributed by atoms with Crippen molar-refractivity contribution in [1.29, 1.82) is 0 Å². The van der Waals surface area contributed by atoms with Crippen LogP contribution < -0.4 is 0 Å². The lowest BCUT2D eigenvalue weighted by molar-refractivity contribution is -0.199. The van der Waals surface area contributed by atoms with Gasteiger partial charge < -0.3 is 24.0 Å². The molecule has 2 aromatic carbocycles. The van der Waals surface area contributed by atoms with Crippen LogP contribution in [0.2, 0.25) is 0 Å². The first-order chi connectivity index (χ1) is 16.7. The fraction of sp³-hybridized carbons (Fsp3) is 0.348. The van der Waals surface area contributed by atoms with Gasteiger partial charge in [-0.1, -0.05) is 42.5 Å². The number of rotatable bonds is 5. The molecule has 35 heavy (non-hydrogen) atoms. The zero-order chi connectivity index (χ0) is 24.4. The lowest BCUT2D eigenvalue weighted by Gasteiger charge is -2.24. The number of hydrogen-bond acceptors (Lipinski definition) is 8. The molecule has 2 aromatic heterocycles. The van der Waals surface area contributed by atoms with Crippen molar-refractivity contribution in [2.75, 3.05) is 6.61 Å². The molecule has 0 amide bonds. The summed E-state index contributed by atoms with van der Waals surface area (Å²) in [4.78, 5) is 31.9. The normalized spacial score (nSPS) is 25.9. The largest absolute Gasteiger partial charge is 0.469 e. The van der Waals surface area contributed by atoms with E-state index in [0.717, 1.165) is 16.3 Å². The van der Waals surface area contributed by atoms with E-state index in [0.29, 0.717) is 16.9 Å². The van der Waals surface area contributed by atoms with Crippen molar-refractivity contribution in [3.8, 4) is 11.3 Å². The maximum atomic E-state index is 11.3. The van der Waals surface area contributed by atoms with Crippen molar-refractivity contribution in [1.82, 2.24) is 19.5 Å². The molecule has 4 atom stereocenters. The first kappa shape index (κ1) is 22.7. The highest BCUT2D eigenvalue weighted by molar-refractivity contribution is 7.46. The second-order valence-corrected chi connectivity index (χ2v) is 10.2. The smallest absolute Gasteiger partial charge is 0.347 e. The Balaban J connectivity index is 1.41. The van der Waals surface area contributed by atoms with Gasteiger partial charge >= 0.3 is 7.82 Å². The van der Waals surface area contributed by atoms with Crippen molar-refractivity contribution in [2.45, 2.75) is 44.2 Å². The first-order valence-corrected chi connectivity index (χ1v) is 12.6. The lowest BCUT2D eigenvalue weighted by Crippen LogP contribution is -2.32. The molecule has 2 aliphatic rings. The van der Waals surface area contributed by atoms with E-state index in [2.05, 4.69) is 15.0 Å². The summed E-state index contributed by atoms with van der Waals surface area (Å²) in [6, 6.07) is 14.1. The van der Waals surface area contributed by atoms with E-state index in [1.165, 1.54) is 6.33 Å². The van der Waals surface area contributed by atoms with Crippen molar-refractivity contribution in [3.05, 3.63) is 55.1 Å². The second kappa shape index (κ2) is 8.14. The highest BCUT2D eigenvalue weighted by Gasteiger charge is 2.56. The van der Waals surface area contributed by atoms with Crippen LogP contribution in [0.1, 0.15) is 20.1 Å². The number of imidazole rings is 1. The van der Waals surface area contributed by atoms with Crippen molar-refractivity contribution in [2.24, 2.45) is 0 Å². The summed E-state index contributed by atoms with van der Waals surface area (Å²) in [5.41, 5.74) is 2.75. The second-order valence-electron chi connectivity index (χ2n) is 8.99. The van der Waals surface area contributed by atoms with Crippen LogP contribution in [-0.4, -0.2) is 60.0 Å². The number of nitrogens with zero attached hydrogens (tertiary/aromatic N) is 4. The molecule has 4 heterocycles. The van der Waals surface area contributed by atoms with Gasteiger partial charge in [-0.05, 0) is 24.6 Å². The van der Waals surface area contributed by atoms with E-state index in [9.17, 15) is 4.57 Å². The molecule has 0 aliphatic carbocycles. The van der Waals surface area contributed by atoms with Crippen LogP contribution in [0, 0.1) is 0 Å². The Morgan fingerprint density at radius 1 is 1.06 bits per heavy atom. The molecule has 0 saturated carbocycles. The highest BCUT2D eigenvalue weighted by Crippen LogP contribution is 2.46. The number of benzene rings is 2. The van der Waals surface area contributed by atoms with Crippen molar-refractivity contribution < 1.29 is 33.1 Å². The van der Waals surface area contributed by atoms with Crippen LogP contribution in [0.4, 0.5) is 0 Å². The third-order valence-electron chi connectivity index (χ3n) is 6.21. The number of phosphoric acid groups is 1. The molecule has 12 heteroatoms. The number of aromatic nitrogens is 4. The molecule has 2 fully saturated rings. The van der Waals surface area contributed by atoms with Crippen LogP contribution in [0.25, 0.3) is 33.2 Å². The molecule has 2 aliphatic heterocycles. The zero-order valence-electron chi connectivity index (χ0n) is 18.9. The number of ether oxygens (including phenoxy) is 3. The lowest BCUT2D eigenvalue weighted by atomic mass is 10.0. The monoisotopic (exact) mass is 498 g/mol. The summed E-state index contributed by atoms with van der Waals surface area (Å²) in [6.07, 6.45) is 0.455. The standard InChI is InChI=1S/C23H23N4O7P/c1-23(2)33-19-16(10-31-35(28,29)30)32-22(20(19)34-23)27-12-26-18-17(24-11-25-21(18)27)15-9-5-7-13-6-3-4-8-14(13)15/h3-9,11-12,16,19-20,22H,10H2,1-2H3,(H2,28,29,30)/t16-,19-,20-,22-/m1/s1. The number of hydrogen-bond donors (Lipinski definition) is 2. The third kappa shape index (κ3) is 4.05. The first-order valence-electron chi connectivity index (χ1n) is 11.1. The van der Waals surface area contributed by atoms with Gasteiger partial charge in [0.2, 0.25) is 0 Å². The van der Waals surface area contributed by atoms with Crippen LogP contribution in [0.3, 0.4) is 0 Å². The molecular weight excluding hydrogens is 475 g/mol. The molecule has 182 valence electrons. The minimum atomic E-state index is -4.68. The summed E-state index contributed by atoms with van der Waals surface area (Å²) < 4.78 is 35.9. The summed E-state index contributed by atoms with van der Waals surface area (Å²) in [6.45, 7) is 3.19. The van der Waals surface area contributed by atoms with Crippen molar-refractivity contribution >= 4 is 29.8 Å². The highest BCUT2D eigenvalue weighted by atomic mass is 31.2. The van der Waals surface area contributed by atoms with Crippen LogP contribution in [0.5, 0.6) is 0 Å². The molecule has 2 saturated heterocycles. The molecule has 0 spiro atoms. The minimum Gasteiger partial charge on any atom is -0.347 e. The Morgan fingerprint density at radius 2 is 1.83 bits per heavy atom. The molecule has 11 nitrogen and oxygen atoms in total. The van der Waals surface area contributed by atoms with E-state index < -0.39 is 38.1 Å². The van der Waals surface area contributed by atoms with Gasteiger partial charge in [-0.25, -0.2) is 19.5 Å². The summed E-state index contributed by atoms with van der Waals surface area (Å²) >= 11 is 0. The topological polar surface area (TPSA) is 138 Å². The Morgan fingerprint density at radius 3 is 2.66 bits per heavy atom. The molecule has 0 bridgehead atoms. The van der Waals surface area contributed by atoms with E-state index in [-0.39, 0.29) is 6.61 Å². The summed E-state index contributed by atoms with van der Waals surface area (Å²) in [5, 5.41) is 2.13. The Kier molecular flexibility index (Phi) is 5.28. The molecule has 0 unspecified atom stereocenters. The number of fused-ring (bicyclic) bond motifs is 3. The Hall–Kier alpha value is -2.76. The molecular formula is C23H23N4O7P. The average Bonchev–Trinajstić information content (AvgIpc) is 3.47. The van der Waals surface area contributed by atoms with Gasteiger partial charge in [0.25, 0.3) is 0 Å². The predicted molar refractivity (Wildman–Crippen MR) is 124 cm³/mol. The van der Waals surface area contributed by atoms with Gasteiger partial charge in [-0.15, -0.1) is 0 Å². The number of phosphoric ester groups is 1. The Labute approximate surface area is 199 Å². The minimum absolute atomic E-state index is 0.357. The van der Waals surface area contributed by atoms with Gasteiger partial charge in [0.05, 0.1) is 12.9 Å². The maximum absolute atomic E-state index is 11.3. The average molecular weight is 498 g/mol.